The number of likely N-dealkylation sites (tertiary alicyclic amines) is 1. The molecule has 2 saturated heterocycles. The summed E-state index contributed by atoms with van der Waals surface area (Å²) in [4.78, 5) is 69.3. The number of alkyl halides is 18. The number of piperidine rings is 1. The van der Waals surface area contributed by atoms with E-state index in [0.29, 0.717) is 126 Å². The number of hydrogen-bond acceptors (Lipinski definition) is 19. The fourth-order valence-corrected chi connectivity index (χ4v) is 21.5. The zero-order valence-electron chi connectivity index (χ0n) is 80.5. The van der Waals surface area contributed by atoms with Crippen LogP contribution >= 0.6 is 58.4 Å². The summed E-state index contributed by atoms with van der Waals surface area (Å²) in [5.74, 6) is -1.38. The molecule has 4 atom stereocenters. The maximum absolute atomic E-state index is 13.4. The fourth-order valence-electron chi connectivity index (χ4n) is 17.6. The van der Waals surface area contributed by atoms with Crippen molar-refractivity contribution in [3.05, 3.63) is 316 Å². The summed E-state index contributed by atoms with van der Waals surface area (Å²) < 4.78 is 235. The van der Waals surface area contributed by atoms with Crippen LogP contribution in [0.4, 0.5) is 96.1 Å². The molecule has 6 aliphatic rings. The number of nitro benzene ring substituents is 1. The molecule has 6 heterocycles. The molecule has 0 spiro atoms. The van der Waals surface area contributed by atoms with Crippen molar-refractivity contribution >= 4 is 93.1 Å². The Bertz CT molecular complexity index is 6430. The van der Waals surface area contributed by atoms with Gasteiger partial charge < -0.3 is 24.3 Å². The number of carbonyl (C=O) groups is 3. The molecule has 147 heavy (non-hydrogen) atoms. The number of anilines is 2. The first-order chi connectivity index (χ1) is 69.6. The van der Waals surface area contributed by atoms with Crippen LogP contribution in [0.1, 0.15) is 188 Å². The van der Waals surface area contributed by atoms with Gasteiger partial charge in [0.15, 0.2) is 10.9 Å². The zero-order chi connectivity index (χ0) is 107. The number of nitrogens with zero attached hydrogens (tertiary/aromatic N) is 12. The number of likely N-dealkylation sites (N-methyl/N-ethyl adjacent to an activating group) is 1. The normalized spacial score (nSPS) is 16.4. The molecule has 0 radical (unpaired) electrons. The predicted molar refractivity (Wildman–Crippen MR) is 532 cm³/mol. The highest BCUT2D eigenvalue weighted by Gasteiger charge is 2.47. The Morgan fingerprint density at radius 3 is 1.93 bits per heavy atom. The van der Waals surface area contributed by atoms with Gasteiger partial charge in [-0.15, -0.1) is 23.1 Å². The van der Waals surface area contributed by atoms with E-state index >= 15 is 0 Å². The molecule has 780 valence electrons. The van der Waals surface area contributed by atoms with E-state index in [1.807, 2.05) is 102 Å². The van der Waals surface area contributed by atoms with E-state index in [9.17, 15) is 109 Å². The van der Waals surface area contributed by atoms with Gasteiger partial charge in [0, 0.05) is 110 Å². The van der Waals surface area contributed by atoms with Crippen molar-refractivity contribution in [2.75, 3.05) is 81.9 Å². The maximum Gasteiger partial charge on any atom is 0.454 e. The molecule has 18 nitrogen and oxygen atoms in total. The van der Waals surface area contributed by atoms with E-state index in [4.69, 9.17) is 16.9 Å². The van der Waals surface area contributed by atoms with Crippen molar-refractivity contribution in [1.82, 2.24) is 39.9 Å². The van der Waals surface area contributed by atoms with E-state index in [1.54, 1.807) is 67.9 Å². The van der Waals surface area contributed by atoms with Crippen molar-refractivity contribution in [2.45, 2.75) is 198 Å². The number of aryl methyl sites for hydroxylation is 3. The number of hydrogen-bond donors (Lipinski definition) is 1. The van der Waals surface area contributed by atoms with E-state index in [-0.39, 0.29) is 57.6 Å². The number of carbonyl (C=O) groups excluding carboxylic acids is 3. The largest absolute Gasteiger partial charge is 0.454 e. The molecule has 3 fully saturated rings. The third-order valence-corrected chi connectivity index (χ3v) is 29.5. The summed E-state index contributed by atoms with van der Waals surface area (Å²) in [5.41, 5.74) is 5.97. The minimum absolute atomic E-state index is 0.00465. The molecular formula is C106H104ClF18N13O5S4. The van der Waals surface area contributed by atoms with Gasteiger partial charge in [0.05, 0.1) is 77.5 Å². The number of nitriles is 2. The third-order valence-electron chi connectivity index (χ3n) is 25.2. The van der Waals surface area contributed by atoms with Gasteiger partial charge in [0.1, 0.15) is 17.6 Å². The van der Waals surface area contributed by atoms with Gasteiger partial charge in [-0.1, -0.05) is 122 Å². The lowest BCUT2D eigenvalue weighted by molar-refractivity contribution is -0.388. The van der Waals surface area contributed by atoms with Crippen LogP contribution in [0.25, 0.3) is 10.6 Å². The Morgan fingerprint density at radius 1 is 0.653 bits per heavy atom. The lowest BCUT2D eigenvalue weighted by atomic mass is 9.82. The van der Waals surface area contributed by atoms with Crippen LogP contribution < -0.4 is 14.5 Å². The lowest BCUT2D eigenvalue weighted by Gasteiger charge is -2.36. The topological polar surface area (TPSA) is 212 Å². The van der Waals surface area contributed by atoms with Gasteiger partial charge in [0.2, 0.25) is 5.91 Å². The molecule has 3 aliphatic heterocycles. The second kappa shape index (κ2) is 50.5. The van der Waals surface area contributed by atoms with Crippen molar-refractivity contribution in [3.63, 3.8) is 0 Å². The average Bonchev–Trinajstić information content (AvgIpc) is 1.67. The smallest absolute Gasteiger partial charge is 0.369 e. The molecule has 0 bridgehead atoms. The van der Waals surface area contributed by atoms with Crippen molar-refractivity contribution in [3.8, 4) is 22.7 Å². The van der Waals surface area contributed by atoms with Crippen LogP contribution in [0.2, 0.25) is 5.02 Å². The number of halogens is 19. The van der Waals surface area contributed by atoms with Crippen LogP contribution in [0.15, 0.2) is 226 Å². The second-order valence-corrected chi connectivity index (χ2v) is 40.6. The number of rotatable bonds is 23. The van der Waals surface area contributed by atoms with E-state index in [2.05, 4.69) is 84.7 Å². The molecule has 1 saturated carbocycles. The molecule has 8 aromatic carbocycles. The molecular weight excluding hydrogens is 2040 g/mol. The standard InChI is InChI=1S/C19H21ClN2S.C19H18F3N3.C18H19F3N2O.C18H22F3NO.C16H11F6N3O2S.C16H13F3N2OS2/c1-13-3-8-18-16(11-13)17-12-21(2)10-9-19(17)22(18)23-15-6-4-14(20)5-7-15;20-19(21,22)17-2-1-3-18(12-17)25-10-8-24(9-11-25)14-16-6-4-15(13-23)5-7-16;1-22-17(24)15-8-6-13(7-9-15)11-23(2)12-14-4-3-5-16(10-14)18(19,20)21;1-12(13-9-10-13)22(11-18(19,20)21)17(23)16-8-4-6-14-5-2-3-7-15(14)16;17-15(18,19)8-5-6-12(11(7-8)25(26)27)28-14-23-10-4-2-1-3-9(10)13(24-14)16(20,21)22;1-2-3-6-24-15-10(9-20)8-11(14(22)16(17,18)19)13(21-15)12-5-4-7-23-12/h3-8,11,17,19H,9-10,12H2,1-2H3;1-7,12H,8-11,14H2;3-10H,11-12H2,1-2H3,(H,22,24);2-3,5,7,12-13,16H,4,6,8-11H2,1H3;5-7H,1-4H2;4-5,7-8H,2-3,6H2,1H3. The predicted octanol–water partition coefficient (Wildman–Crippen LogP) is 27.6. The summed E-state index contributed by atoms with van der Waals surface area (Å²) in [6.07, 6.45) is -18.5. The van der Waals surface area contributed by atoms with Crippen LogP contribution in [0, 0.1) is 45.6 Å². The first-order valence-electron chi connectivity index (χ1n) is 47.1. The molecule has 4 unspecified atom stereocenters. The number of unbranched alkanes of at least 4 members (excludes halogenated alkanes) is 1. The molecule has 3 aliphatic carbocycles. The van der Waals surface area contributed by atoms with Gasteiger partial charge in [-0.2, -0.15) is 89.6 Å². The van der Waals surface area contributed by atoms with Crippen molar-refractivity contribution < 1.29 is 98.3 Å². The van der Waals surface area contributed by atoms with Crippen LogP contribution in [-0.2, 0) is 68.4 Å². The summed E-state index contributed by atoms with van der Waals surface area (Å²) in [6.45, 7) is 11.9. The number of thiophene rings is 1. The number of fused-ring (bicyclic) bond motifs is 5. The highest BCUT2D eigenvalue weighted by molar-refractivity contribution is 8.00. The quantitative estimate of drug-likeness (QED) is 0.00921. The number of amides is 2. The number of ketones is 1. The van der Waals surface area contributed by atoms with Gasteiger partial charge in [-0.3, -0.25) is 34.3 Å². The van der Waals surface area contributed by atoms with Gasteiger partial charge in [-0.05, 0) is 282 Å². The van der Waals surface area contributed by atoms with E-state index < -0.39 is 99.0 Å². The Balaban J connectivity index is 0.000000157. The highest BCUT2D eigenvalue weighted by atomic mass is 35.5. The third kappa shape index (κ3) is 31.9. The maximum atomic E-state index is 13.4. The monoisotopic (exact) mass is 2140 g/mol. The lowest BCUT2D eigenvalue weighted by Crippen LogP contribution is -2.47. The van der Waals surface area contributed by atoms with E-state index in [0.717, 1.165) is 121 Å². The number of piperazine rings is 1. The first-order valence-corrected chi connectivity index (χ1v) is 50.9. The second-order valence-electron chi connectivity index (χ2n) is 36.1. The average molecular weight is 2150 g/mol. The van der Waals surface area contributed by atoms with E-state index in [1.165, 1.54) is 82.0 Å². The summed E-state index contributed by atoms with van der Waals surface area (Å²) in [7, 11) is 5.65. The minimum Gasteiger partial charge on any atom is -0.369 e. The fraction of sp³-hybridized carbons (Fsp3) is 0.377. The number of aromatic nitrogens is 3. The SMILES string of the molecule is CC(C1CC1)N(CC(F)(F)F)C(=O)C1CCCc2ccccc21.CCCCSc1nc(-c2cccs2)c(C(=O)C(F)(F)F)cc1C#N.CNC(=O)c1ccc(CN(C)Cc2cccc(C(F)(F)F)c2)cc1.Cc1ccc2c(c1)C1CN(C)CCC1N2Sc1ccc(Cl)cc1.N#Cc1ccc(CN2CCN(c3cccc(C(F)(F)F)c3)CC2)cc1.O=[N+]([O-])c1cc(C(F)(F)F)ccc1Sc1nc2c(c(C(F)(F)F)n1)CCCC2. The number of benzene rings is 8. The molecule has 2 amide bonds. The minimum atomic E-state index is -5.02. The number of nitro groups is 1. The van der Waals surface area contributed by atoms with Crippen LogP contribution in [0.5, 0.6) is 0 Å². The Morgan fingerprint density at radius 2 is 1.31 bits per heavy atom. The Labute approximate surface area is 861 Å². The Kier molecular flexibility index (Phi) is 39.1. The zero-order valence-corrected chi connectivity index (χ0v) is 84.5. The highest BCUT2D eigenvalue weighted by Crippen LogP contribution is 2.51. The van der Waals surface area contributed by atoms with Gasteiger partial charge >= 0.3 is 37.1 Å². The Hall–Kier alpha value is -11.8. The van der Waals surface area contributed by atoms with Crippen molar-refractivity contribution in [2.24, 2.45) is 5.92 Å². The number of thioether (sulfide) groups is 1. The summed E-state index contributed by atoms with van der Waals surface area (Å²) in [5, 5.41) is 34.2. The van der Waals surface area contributed by atoms with Crippen LogP contribution in [-0.4, -0.2) is 154 Å². The number of pyridine rings is 1. The molecule has 1 N–H and O–H groups in total. The molecule has 41 heteroatoms. The van der Waals surface area contributed by atoms with Gasteiger partial charge in [-0.25, -0.2) is 15.0 Å². The summed E-state index contributed by atoms with van der Waals surface area (Å²) >= 11 is 10.8. The molecule has 17 rings (SSSR count). The van der Waals surface area contributed by atoms with Crippen molar-refractivity contribution in [1.29, 1.82) is 10.5 Å². The number of nitrogens with one attached hydrogen (secondary N) is 1. The first kappa shape index (κ1) is 114. The summed E-state index contributed by atoms with van der Waals surface area (Å²) in [6, 6.07) is 58.5. The van der Waals surface area contributed by atoms with Crippen LogP contribution in [0.3, 0.4) is 0 Å². The van der Waals surface area contributed by atoms with Gasteiger partial charge in [0.25, 0.3) is 17.4 Å². The molecule has 3 aromatic heterocycles. The molecule has 11 aromatic rings. The number of Topliss-reactive ketones (excluding diaryl/α,β-unsaturated/α-hetero) is 1.